The van der Waals surface area contributed by atoms with Gasteiger partial charge in [-0.05, 0) is 43.4 Å². The van der Waals surface area contributed by atoms with Crippen molar-refractivity contribution in [3.05, 3.63) is 25.9 Å². The van der Waals surface area contributed by atoms with Crippen LogP contribution in [0, 0.1) is 10.5 Å². The Kier molecular flexibility index (Phi) is 3.31. The van der Waals surface area contributed by atoms with E-state index in [4.69, 9.17) is 5.73 Å². The van der Waals surface area contributed by atoms with E-state index in [9.17, 15) is 4.79 Å². The van der Waals surface area contributed by atoms with Gasteiger partial charge in [-0.1, -0.05) is 0 Å². The summed E-state index contributed by atoms with van der Waals surface area (Å²) >= 11 is 2.01. The number of hydrogen-bond acceptors (Lipinski definition) is 3. The molecule has 0 saturated heterocycles. The molecule has 0 atom stereocenters. The number of aryl methyl sites for hydroxylation is 1. The zero-order valence-electron chi connectivity index (χ0n) is 8.54. The molecule has 0 spiro atoms. The van der Waals surface area contributed by atoms with Crippen molar-refractivity contribution in [2.75, 3.05) is 6.54 Å². The minimum atomic E-state index is -0.377. The van der Waals surface area contributed by atoms with Crippen molar-refractivity contribution in [1.29, 1.82) is 0 Å². The fourth-order valence-electron chi connectivity index (χ4n) is 1.04. The van der Waals surface area contributed by atoms with Gasteiger partial charge in [-0.3, -0.25) is 9.36 Å². The number of rotatable bonds is 2. The van der Waals surface area contributed by atoms with Crippen molar-refractivity contribution < 1.29 is 0 Å². The van der Waals surface area contributed by atoms with Crippen molar-refractivity contribution in [1.82, 2.24) is 9.55 Å². The highest BCUT2D eigenvalue weighted by Crippen LogP contribution is 2.11. The summed E-state index contributed by atoms with van der Waals surface area (Å²) in [5.74, 6) is 0. The maximum Gasteiger partial charge on any atom is 0.267 e. The minimum absolute atomic E-state index is 0.0199. The van der Waals surface area contributed by atoms with Gasteiger partial charge in [-0.2, -0.15) is 0 Å². The smallest absolute Gasteiger partial charge is 0.267 e. The molecule has 0 aromatic carbocycles. The van der Waals surface area contributed by atoms with E-state index in [0.717, 1.165) is 5.69 Å². The Balaban J connectivity index is 3.39. The largest absolute Gasteiger partial charge is 0.328 e. The van der Waals surface area contributed by atoms with Gasteiger partial charge in [0, 0.05) is 6.54 Å². The van der Waals surface area contributed by atoms with Crippen LogP contribution in [0.3, 0.4) is 0 Å². The molecule has 1 rings (SSSR count). The van der Waals surface area contributed by atoms with E-state index >= 15 is 0 Å². The minimum Gasteiger partial charge on any atom is -0.328 e. The molecule has 14 heavy (non-hydrogen) atoms. The van der Waals surface area contributed by atoms with Crippen molar-refractivity contribution in [3.8, 4) is 0 Å². The molecule has 1 aromatic rings. The molecule has 0 unspecified atom stereocenters. The van der Waals surface area contributed by atoms with Gasteiger partial charge in [0.05, 0.1) is 21.1 Å². The lowest BCUT2D eigenvalue weighted by Crippen LogP contribution is -2.43. The van der Waals surface area contributed by atoms with Crippen LogP contribution in [0.1, 0.15) is 19.5 Å². The molecule has 2 N–H and O–H groups in total. The van der Waals surface area contributed by atoms with Crippen LogP contribution in [0.15, 0.2) is 11.1 Å². The average Bonchev–Trinajstić information content (AvgIpc) is 2.14. The Bertz CT molecular complexity index is 398. The van der Waals surface area contributed by atoms with E-state index < -0.39 is 0 Å². The number of halogens is 1. The summed E-state index contributed by atoms with van der Waals surface area (Å²) in [6.07, 6.45) is 1.56. The van der Waals surface area contributed by atoms with Crippen LogP contribution >= 0.6 is 22.6 Å². The monoisotopic (exact) mass is 307 g/mol. The molecule has 78 valence electrons. The van der Waals surface area contributed by atoms with Gasteiger partial charge in [0.2, 0.25) is 0 Å². The molecule has 0 saturated carbocycles. The van der Waals surface area contributed by atoms with Gasteiger partial charge in [0.15, 0.2) is 0 Å². The molecule has 5 heteroatoms. The third-order valence-corrected chi connectivity index (χ3v) is 3.48. The second-order valence-corrected chi connectivity index (χ2v) is 4.91. The van der Waals surface area contributed by atoms with Gasteiger partial charge < -0.3 is 5.73 Å². The van der Waals surface area contributed by atoms with Crippen LogP contribution in [0.5, 0.6) is 0 Å². The predicted octanol–water partition coefficient (Wildman–Crippen LogP) is 0.850. The van der Waals surface area contributed by atoms with Crippen molar-refractivity contribution >= 4 is 22.6 Å². The SMILES string of the molecule is Cc1ncn(C(C)(C)CN)c(=O)c1I. The van der Waals surface area contributed by atoms with Gasteiger partial charge >= 0.3 is 0 Å². The summed E-state index contributed by atoms with van der Waals surface area (Å²) in [7, 11) is 0. The summed E-state index contributed by atoms with van der Waals surface area (Å²) < 4.78 is 2.24. The Hall–Kier alpha value is -0.430. The van der Waals surface area contributed by atoms with E-state index in [-0.39, 0.29) is 11.1 Å². The lowest BCUT2D eigenvalue weighted by atomic mass is 10.1. The summed E-state index contributed by atoms with van der Waals surface area (Å²) in [4.78, 5) is 16.0. The molecule has 0 aliphatic rings. The zero-order chi connectivity index (χ0) is 10.9. The Morgan fingerprint density at radius 3 is 2.71 bits per heavy atom. The number of nitrogens with zero attached hydrogens (tertiary/aromatic N) is 2. The fourth-order valence-corrected chi connectivity index (χ4v) is 1.44. The van der Waals surface area contributed by atoms with Crippen molar-refractivity contribution in [2.45, 2.75) is 26.3 Å². The summed E-state index contributed by atoms with van der Waals surface area (Å²) in [6.45, 7) is 6.07. The summed E-state index contributed by atoms with van der Waals surface area (Å²) in [6, 6.07) is 0. The number of hydrogen-bond donors (Lipinski definition) is 1. The Morgan fingerprint density at radius 2 is 2.21 bits per heavy atom. The summed E-state index contributed by atoms with van der Waals surface area (Å²) in [5.41, 5.74) is 5.97. The maximum absolute atomic E-state index is 11.9. The molecule has 0 radical (unpaired) electrons. The molecule has 0 aliphatic carbocycles. The van der Waals surface area contributed by atoms with Crippen molar-refractivity contribution in [3.63, 3.8) is 0 Å². The third-order valence-electron chi connectivity index (χ3n) is 2.24. The summed E-state index contributed by atoms with van der Waals surface area (Å²) in [5, 5.41) is 0. The molecule has 0 bridgehead atoms. The zero-order valence-corrected chi connectivity index (χ0v) is 10.7. The molecule has 0 aliphatic heterocycles. The van der Waals surface area contributed by atoms with Crippen LogP contribution in [0.25, 0.3) is 0 Å². The molecular formula is C9H14IN3O. The first-order valence-electron chi connectivity index (χ1n) is 4.34. The molecule has 1 aromatic heterocycles. The highest BCUT2D eigenvalue weighted by Gasteiger charge is 2.20. The van der Waals surface area contributed by atoms with Gasteiger partial charge in [-0.25, -0.2) is 4.98 Å². The second kappa shape index (κ2) is 3.98. The number of nitrogens with two attached hydrogens (primary N) is 1. The van der Waals surface area contributed by atoms with Crippen LogP contribution in [0.2, 0.25) is 0 Å². The third kappa shape index (κ3) is 1.98. The standard InChI is InChI=1S/C9H14IN3O/c1-6-7(10)8(14)13(5-12-6)9(2,3)4-11/h5H,4,11H2,1-3H3. The average molecular weight is 307 g/mol. The van der Waals surface area contributed by atoms with E-state index in [2.05, 4.69) is 4.98 Å². The highest BCUT2D eigenvalue weighted by atomic mass is 127. The first-order chi connectivity index (χ1) is 6.40. The van der Waals surface area contributed by atoms with Crippen molar-refractivity contribution in [2.24, 2.45) is 5.73 Å². The lowest BCUT2D eigenvalue weighted by molar-refractivity contribution is 0.349. The fraction of sp³-hybridized carbons (Fsp3) is 0.556. The van der Waals surface area contributed by atoms with Crippen LogP contribution in [-0.4, -0.2) is 16.1 Å². The quantitative estimate of drug-likeness (QED) is 0.824. The number of aromatic nitrogens is 2. The first-order valence-corrected chi connectivity index (χ1v) is 5.42. The van der Waals surface area contributed by atoms with Gasteiger partial charge in [0.25, 0.3) is 5.56 Å². The lowest BCUT2D eigenvalue weighted by Gasteiger charge is -2.25. The maximum atomic E-state index is 11.9. The van der Waals surface area contributed by atoms with E-state index in [0.29, 0.717) is 10.1 Å². The van der Waals surface area contributed by atoms with Crippen LogP contribution in [0.4, 0.5) is 0 Å². The van der Waals surface area contributed by atoms with E-state index in [1.165, 1.54) is 0 Å². The van der Waals surface area contributed by atoms with E-state index in [1.54, 1.807) is 10.9 Å². The topological polar surface area (TPSA) is 60.9 Å². The normalized spacial score (nSPS) is 11.8. The molecule has 0 amide bonds. The van der Waals surface area contributed by atoms with Crippen LogP contribution < -0.4 is 11.3 Å². The highest BCUT2D eigenvalue weighted by molar-refractivity contribution is 14.1. The Morgan fingerprint density at radius 1 is 1.64 bits per heavy atom. The second-order valence-electron chi connectivity index (χ2n) is 3.84. The molecule has 0 fully saturated rings. The predicted molar refractivity (Wildman–Crippen MR) is 64.3 cm³/mol. The van der Waals surface area contributed by atoms with Crippen LogP contribution in [-0.2, 0) is 5.54 Å². The molecule has 1 heterocycles. The Labute approximate surface area is 96.7 Å². The van der Waals surface area contributed by atoms with E-state index in [1.807, 2.05) is 43.4 Å². The molecule has 4 nitrogen and oxygen atoms in total. The molecular weight excluding hydrogens is 293 g/mol. The van der Waals surface area contributed by atoms with Gasteiger partial charge in [-0.15, -0.1) is 0 Å². The van der Waals surface area contributed by atoms with Gasteiger partial charge in [0.1, 0.15) is 0 Å². The first kappa shape index (κ1) is 11.6.